The number of para-hydroxylation sites is 1. The second-order valence-corrected chi connectivity index (χ2v) is 2.69. The summed E-state index contributed by atoms with van der Waals surface area (Å²) in [6, 6.07) is 7.30. The van der Waals surface area contributed by atoms with E-state index in [0.717, 1.165) is 11.3 Å². The number of hydrogen-bond acceptors (Lipinski definition) is 3. The zero-order valence-corrected chi connectivity index (χ0v) is 7.97. The molecule has 0 bridgehead atoms. The fraction of sp³-hybridized carbons (Fsp3) is 0.222. The molecule has 0 aromatic heterocycles. The molecule has 1 aromatic rings. The Kier molecular flexibility index (Phi) is 3.58. The Morgan fingerprint density at radius 3 is 2.85 bits per heavy atom. The number of carbonyl (C=O) groups excluding carboxylic acids is 1. The van der Waals surface area contributed by atoms with E-state index in [0.29, 0.717) is 0 Å². The molecular weight excluding hydrogens is 190 g/mol. The maximum atomic E-state index is 11.0. The molecule has 13 heavy (non-hydrogen) atoms. The highest BCUT2D eigenvalue weighted by atomic mass is 35.5. The Balaban J connectivity index is 2.81. The van der Waals surface area contributed by atoms with Gasteiger partial charge in [-0.3, -0.25) is 9.63 Å². The van der Waals surface area contributed by atoms with Gasteiger partial charge in [0.2, 0.25) is 0 Å². The second-order valence-electron chi connectivity index (χ2n) is 2.50. The number of carbonyl (C=O) groups is 1. The molecule has 70 valence electrons. The molecule has 3 nitrogen and oxygen atoms in total. The largest absolute Gasteiger partial charge is 0.469 e. The van der Waals surface area contributed by atoms with Crippen LogP contribution in [0, 0.1) is 0 Å². The highest BCUT2D eigenvalue weighted by Crippen LogP contribution is 2.16. The molecule has 0 aliphatic rings. The molecule has 4 heteroatoms. The number of anilines is 1. The fourth-order valence-electron chi connectivity index (χ4n) is 0.994. The van der Waals surface area contributed by atoms with Crippen molar-refractivity contribution in [2.75, 3.05) is 11.9 Å². The Morgan fingerprint density at radius 2 is 2.23 bits per heavy atom. The van der Waals surface area contributed by atoms with Crippen molar-refractivity contribution in [1.82, 2.24) is 0 Å². The molecule has 1 aromatic carbocycles. The number of rotatable bonds is 3. The van der Waals surface area contributed by atoms with E-state index in [9.17, 15) is 4.79 Å². The van der Waals surface area contributed by atoms with E-state index in [4.69, 9.17) is 11.8 Å². The van der Waals surface area contributed by atoms with Crippen LogP contribution >= 0.6 is 11.8 Å². The SMILES string of the molecule is COC(=O)Cc1ccccc1NCl. The lowest BCUT2D eigenvalue weighted by molar-refractivity contribution is -0.139. The predicted molar refractivity (Wildman–Crippen MR) is 51.6 cm³/mol. The number of halogens is 1. The standard InChI is InChI=1S/C9H10ClNO2/c1-13-9(12)6-7-4-2-3-5-8(7)11-10/h2-5,11H,6H2,1H3. The molecule has 0 atom stereocenters. The first kappa shape index (κ1) is 9.86. The summed E-state index contributed by atoms with van der Waals surface area (Å²) in [7, 11) is 1.36. The third-order valence-electron chi connectivity index (χ3n) is 1.68. The zero-order chi connectivity index (χ0) is 9.68. The van der Waals surface area contributed by atoms with Crippen LogP contribution in [0.3, 0.4) is 0 Å². The molecule has 0 saturated heterocycles. The first-order valence-electron chi connectivity index (χ1n) is 3.79. The van der Waals surface area contributed by atoms with Crippen molar-refractivity contribution >= 4 is 23.4 Å². The number of hydrogen-bond donors (Lipinski definition) is 1. The van der Waals surface area contributed by atoms with Crippen molar-refractivity contribution in [1.29, 1.82) is 0 Å². The first-order chi connectivity index (χ1) is 6.27. The van der Waals surface area contributed by atoms with Gasteiger partial charge in [0.1, 0.15) is 0 Å². The summed E-state index contributed by atoms with van der Waals surface area (Å²) in [6.45, 7) is 0. The van der Waals surface area contributed by atoms with E-state index in [1.807, 2.05) is 18.2 Å². The number of nitrogens with one attached hydrogen (secondary N) is 1. The van der Waals surface area contributed by atoms with Crippen LogP contribution in [-0.2, 0) is 16.0 Å². The monoisotopic (exact) mass is 199 g/mol. The number of esters is 1. The molecule has 0 radical (unpaired) electrons. The first-order valence-corrected chi connectivity index (χ1v) is 4.17. The molecular formula is C9H10ClNO2. The molecule has 1 rings (SSSR count). The average Bonchev–Trinajstić information content (AvgIpc) is 2.18. The highest BCUT2D eigenvalue weighted by molar-refractivity contribution is 6.24. The van der Waals surface area contributed by atoms with Crippen molar-refractivity contribution in [2.24, 2.45) is 0 Å². The Labute approximate surface area is 81.8 Å². The Hall–Kier alpha value is -1.22. The van der Waals surface area contributed by atoms with Crippen LogP contribution in [0.1, 0.15) is 5.56 Å². The number of methoxy groups -OCH3 is 1. The van der Waals surface area contributed by atoms with Crippen LogP contribution in [0.5, 0.6) is 0 Å². The van der Waals surface area contributed by atoms with E-state index in [-0.39, 0.29) is 12.4 Å². The molecule has 0 amide bonds. The zero-order valence-electron chi connectivity index (χ0n) is 7.21. The highest BCUT2D eigenvalue weighted by Gasteiger charge is 2.06. The van der Waals surface area contributed by atoms with Gasteiger partial charge in [-0.05, 0) is 11.6 Å². The molecule has 0 unspecified atom stereocenters. The van der Waals surface area contributed by atoms with Gasteiger partial charge in [0.05, 0.1) is 19.2 Å². The van der Waals surface area contributed by atoms with Crippen molar-refractivity contribution in [3.05, 3.63) is 29.8 Å². The summed E-state index contributed by atoms with van der Waals surface area (Å²) >= 11 is 5.46. The summed E-state index contributed by atoms with van der Waals surface area (Å²) < 4.78 is 4.54. The average molecular weight is 200 g/mol. The Morgan fingerprint density at radius 1 is 1.54 bits per heavy atom. The molecule has 0 saturated carbocycles. The van der Waals surface area contributed by atoms with Crippen molar-refractivity contribution in [2.45, 2.75) is 6.42 Å². The van der Waals surface area contributed by atoms with Gasteiger partial charge in [-0.15, -0.1) is 0 Å². The molecule has 0 aliphatic heterocycles. The summed E-state index contributed by atoms with van der Waals surface area (Å²) in [4.78, 5) is 13.4. The van der Waals surface area contributed by atoms with Gasteiger partial charge in [0.15, 0.2) is 0 Å². The van der Waals surface area contributed by atoms with Gasteiger partial charge in [0, 0.05) is 11.8 Å². The fourth-order valence-corrected chi connectivity index (χ4v) is 1.18. The topological polar surface area (TPSA) is 38.3 Å². The third kappa shape index (κ3) is 2.63. The van der Waals surface area contributed by atoms with Crippen molar-refractivity contribution in [3.8, 4) is 0 Å². The van der Waals surface area contributed by atoms with Gasteiger partial charge in [-0.25, -0.2) is 0 Å². The van der Waals surface area contributed by atoms with E-state index < -0.39 is 0 Å². The van der Waals surface area contributed by atoms with Gasteiger partial charge >= 0.3 is 5.97 Å². The van der Waals surface area contributed by atoms with Gasteiger partial charge < -0.3 is 4.74 Å². The van der Waals surface area contributed by atoms with Gasteiger partial charge in [0.25, 0.3) is 0 Å². The minimum Gasteiger partial charge on any atom is -0.469 e. The molecule has 0 aliphatic carbocycles. The predicted octanol–water partition coefficient (Wildman–Crippen LogP) is 1.97. The van der Waals surface area contributed by atoms with Crippen molar-refractivity contribution < 1.29 is 9.53 Å². The summed E-state index contributed by atoms with van der Waals surface area (Å²) in [5, 5.41) is 0. The summed E-state index contributed by atoms with van der Waals surface area (Å²) in [5.41, 5.74) is 1.55. The van der Waals surface area contributed by atoms with Gasteiger partial charge in [-0.1, -0.05) is 18.2 Å². The number of ether oxygens (including phenoxy) is 1. The quantitative estimate of drug-likeness (QED) is 0.598. The van der Waals surface area contributed by atoms with E-state index in [1.165, 1.54) is 7.11 Å². The van der Waals surface area contributed by atoms with Crippen LogP contribution in [0.2, 0.25) is 0 Å². The number of benzene rings is 1. The van der Waals surface area contributed by atoms with Crippen LogP contribution in [0.15, 0.2) is 24.3 Å². The lowest BCUT2D eigenvalue weighted by atomic mass is 10.1. The minimum atomic E-state index is -0.278. The third-order valence-corrected chi connectivity index (χ3v) is 1.89. The molecule has 1 N–H and O–H groups in total. The second kappa shape index (κ2) is 4.72. The summed E-state index contributed by atoms with van der Waals surface area (Å²) in [5.74, 6) is -0.278. The molecule has 0 spiro atoms. The van der Waals surface area contributed by atoms with Crippen LogP contribution in [0.4, 0.5) is 5.69 Å². The molecule has 0 fully saturated rings. The lowest BCUT2D eigenvalue weighted by Gasteiger charge is -2.05. The van der Waals surface area contributed by atoms with Crippen LogP contribution < -0.4 is 4.84 Å². The lowest BCUT2D eigenvalue weighted by Crippen LogP contribution is -2.05. The maximum Gasteiger partial charge on any atom is 0.310 e. The van der Waals surface area contributed by atoms with Gasteiger partial charge in [-0.2, -0.15) is 0 Å². The normalized spacial score (nSPS) is 9.38. The van der Waals surface area contributed by atoms with Crippen LogP contribution in [0.25, 0.3) is 0 Å². The minimum absolute atomic E-state index is 0.229. The van der Waals surface area contributed by atoms with Crippen molar-refractivity contribution in [3.63, 3.8) is 0 Å². The Bertz CT molecular complexity index is 301. The van der Waals surface area contributed by atoms with E-state index in [2.05, 4.69) is 9.57 Å². The smallest absolute Gasteiger partial charge is 0.310 e. The van der Waals surface area contributed by atoms with Crippen LogP contribution in [-0.4, -0.2) is 13.1 Å². The maximum absolute atomic E-state index is 11.0. The van der Waals surface area contributed by atoms with E-state index in [1.54, 1.807) is 6.07 Å². The van der Waals surface area contributed by atoms with E-state index >= 15 is 0 Å². The summed E-state index contributed by atoms with van der Waals surface area (Å²) in [6.07, 6.45) is 0.229. The molecule has 0 heterocycles.